The fourth-order valence-corrected chi connectivity index (χ4v) is 0.794. The van der Waals surface area contributed by atoms with Crippen LogP contribution in [0.1, 0.15) is 33.6 Å². The third-order valence-corrected chi connectivity index (χ3v) is 1.44. The average molecular weight is 159 g/mol. The molecule has 0 unspecified atom stereocenters. The maximum atomic E-state index is 5.36. The molecule has 2 heteroatoms. The van der Waals surface area contributed by atoms with Crippen molar-refractivity contribution in [2.45, 2.75) is 39.7 Å². The van der Waals surface area contributed by atoms with Crippen molar-refractivity contribution in [3.8, 4) is 0 Å². The molecule has 68 valence electrons. The Labute approximate surface area is 70.3 Å². The summed E-state index contributed by atoms with van der Waals surface area (Å²) in [6.07, 6.45) is 2.89. The highest BCUT2D eigenvalue weighted by Gasteiger charge is 1.91. The van der Waals surface area contributed by atoms with Gasteiger partial charge in [0.15, 0.2) is 0 Å². The molecule has 0 fully saturated rings. The maximum absolute atomic E-state index is 5.36. The van der Waals surface area contributed by atoms with Gasteiger partial charge in [-0.1, -0.05) is 13.3 Å². The number of rotatable bonds is 7. The lowest BCUT2D eigenvalue weighted by Crippen LogP contribution is -2.22. The fraction of sp³-hybridized carbons (Fsp3) is 1.00. The summed E-state index contributed by atoms with van der Waals surface area (Å²) in [5.41, 5.74) is 0. The van der Waals surface area contributed by atoms with Gasteiger partial charge in [0.25, 0.3) is 0 Å². The van der Waals surface area contributed by atoms with E-state index in [1.165, 1.54) is 12.8 Å². The molecule has 0 aromatic heterocycles. The van der Waals surface area contributed by atoms with Crippen LogP contribution in [0.25, 0.3) is 0 Å². The second-order valence-electron chi connectivity index (χ2n) is 3.02. The van der Waals surface area contributed by atoms with Gasteiger partial charge in [0.05, 0.1) is 12.7 Å². The second kappa shape index (κ2) is 8.02. The van der Waals surface area contributed by atoms with Gasteiger partial charge < -0.3 is 10.1 Å². The van der Waals surface area contributed by atoms with Gasteiger partial charge in [-0.15, -0.1) is 0 Å². The molecule has 0 rings (SSSR count). The van der Waals surface area contributed by atoms with E-state index in [1.807, 2.05) is 0 Å². The Morgan fingerprint density at radius 2 is 2.00 bits per heavy atom. The van der Waals surface area contributed by atoms with Crippen LogP contribution in [0, 0.1) is 0 Å². The van der Waals surface area contributed by atoms with Crippen LogP contribution in [-0.4, -0.2) is 25.8 Å². The van der Waals surface area contributed by atoms with Crippen LogP contribution in [0.5, 0.6) is 0 Å². The van der Waals surface area contributed by atoms with Gasteiger partial charge in [0, 0.05) is 6.54 Å². The zero-order chi connectivity index (χ0) is 8.53. The number of hydrogen-bond donors (Lipinski definition) is 1. The molecular formula is C9H21NO. The van der Waals surface area contributed by atoms with Crippen LogP contribution in [0.2, 0.25) is 0 Å². The Morgan fingerprint density at radius 3 is 2.55 bits per heavy atom. The van der Waals surface area contributed by atoms with Gasteiger partial charge >= 0.3 is 0 Å². The molecule has 2 nitrogen and oxygen atoms in total. The van der Waals surface area contributed by atoms with Crippen molar-refractivity contribution in [3.05, 3.63) is 0 Å². The highest BCUT2D eigenvalue weighted by atomic mass is 16.5. The van der Waals surface area contributed by atoms with E-state index >= 15 is 0 Å². The number of nitrogens with one attached hydrogen (secondary N) is 1. The Morgan fingerprint density at radius 1 is 1.27 bits per heavy atom. The quantitative estimate of drug-likeness (QED) is 0.572. The molecule has 1 N–H and O–H groups in total. The molecule has 0 aromatic rings. The van der Waals surface area contributed by atoms with Crippen molar-refractivity contribution in [3.63, 3.8) is 0 Å². The van der Waals surface area contributed by atoms with Crippen LogP contribution >= 0.6 is 0 Å². The smallest absolute Gasteiger partial charge is 0.0594 e. The van der Waals surface area contributed by atoms with Gasteiger partial charge in [-0.3, -0.25) is 0 Å². The molecule has 0 amide bonds. The van der Waals surface area contributed by atoms with Crippen molar-refractivity contribution in [2.75, 3.05) is 19.7 Å². The first-order valence-electron chi connectivity index (χ1n) is 4.59. The molecule has 0 heterocycles. The van der Waals surface area contributed by atoms with E-state index in [4.69, 9.17) is 4.74 Å². The van der Waals surface area contributed by atoms with Gasteiger partial charge in [-0.25, -0.2) is 0 Å². The summed E-state index contributed by atoms with van der Waals surface area (Å²) >= 11 is 0. The molecule has 0 saturated carbocycles. The zero-order valence-corrected chi connectivity index (χ0v) is 8.02. The molecule has 0 aliphatic carbocycles. The summed E-state index contributed by atoms with van der Waals surface area (Å²) in [5, 5.41) is 3.32. The largest absolute Gasteiger partial charge is 0.377 e. The minimum absolute atomic E-state index is 0.364. The van der Waals surface area contributed by atoms with Crippen molar-refractivity contribution < 1.29 is 4.74 Å². The summed E-state index contributed by atoms with van der Waals surface area (Å²) < 4.78 is 5.36. The molecule has 0 radical (unpaired) electrons. The Balaban J connectivity index is 2.80. The lowest BCUT2D eigenvalue weighted by molar-refractivity contribution is 0.0809. The Hall–Kier alpha value is -0.0800. The highest BCUT2D eigenvalue weighted by Crippen LogP contribution is 1.86. The first kappa shape index (κ1) is 10.9. The van der Waals surface area contributed by atoms with Crippen molar-refractivity contribution in [2.24, 2.45) is 0 Å². The molecule has 0 aliphatic heterocycles. The zero-order valence-electron chi connectivity index (χ0n) is 8.02. The van der Waals surface area contributed by atoms with E-state index < -0.39 is 0 Å². The van der Waals surface area contributed by atoms with Gasteiger partial charge in [-0.2, -0.15) is 0 Å². The van der Waals surface area contributed by atoms with Crippen LogP contribution in [0.15, 0.2) is 0 Å². The van der Waals surface area contributed by atoms with E-state index in [1.54, 1.807) is 0 Å². The van der Waals surface area contributed by atoms with Crippen LogP contribution in [-0.2, 0) is 4.74 Å². The normalized spacial score (nSPS) is 10.9. The van der Waals surface area contributed by atoms with Crippen molar-refractivity contribution in [1.82, 2.24) is 5.32 Å². The van der Waals surface area contributed by atoms with Gasteiger partial charge in [0.2, 0.25) is 0 Å². The van der Waals surface area contributed by atoms with Gasteiger partial charge in [0.1, 0.15) is 0 Å². The second-order valence-corrected chi connectivity index (χ2v) is 3.02. The van der Waals surface area contributed by atoms with Crippen LogP contribution in [0.3, 0.4) is 0 Å². The van der Waals surface area contributed by atoms with E-state index in [0.29, 0.717) is 6.10 Å². The summed E-state index contributed by atoms with van der Waals surface area (Å²) in [6.45, 7) is 9.27. The summed E-state index contributed by atoms with van der Waals surface area (Å²) in [7, 11) is 0. The predicted molar refractivity (Wildman–Crippen MR) is 48.9 cm³/mol. The molecule has 0 aliphatic rings. The maximum Gasteiger partial charge on any atom is 0.0594 e. The standard InChI is InChI=1S/C9H21NO/c1-4-5-6-10-7-8-11-9(2)3/h9-10H,4-8H2,1-3H3. The highest BCUT2D eigenvalue weighted by molar-refractivity contribution is 4.46. The third kappa shape index (κ3) is 9.92. The molecule has 11 heavy (non-hydrogen) atoms. The predicted octanol–water partition coefficient (Wildman–Crippen LogP) is 1.80. The summed E-state index contributed by atoms with van der Waals surface area (Å²) in [6, 6.07) is 0. The Bertz CT molecular complexity index is 74.0. The first-order valence-corrected chi connectivity index (χ1v) is 4.59. The molecule has 0 bridgehead atoms. The first-order chi connectivity index (χ1) is 5.27. The summed E-state index contributed by atoms with van der Waals surface area (Å²) in [4.78, 5) is 0. The van der Waals surface area contributed by atoms with Crippen molar-refractivity contribution >= 4 is 0 Å². The van der Waals surface area contributed by atoms with Gasteiger partial charge in [-0.05, 0) is 26.8 Å². The molecule has 0 atom stereocenters. The van der Waals surface area contributed by atoms with E-state index in [0.717, 1.165) is 19.7 Å². The van der Waals surface area contributed by atoms with Crippen LogP contribution in [0.4, 0.5) is 0 Å². The number of hydrogen-bond acceptors (Lipinski definition) is 2. The van der Waals surface area contributed by atoms with Crippen molar-refractivity contribution in [1.29, 1.82) is 0 Å². The molecular weight excluding hydrogens is 138 g/mol. The van der Waals surface area contributed by atoms with E-state index in [9.17, 15) is 0 Å². The summed E-state index contributed by atoms with van der Waals surface area (Å²) in [5.74, 6) is 0. The molecule has 0 saturated heterocycles. The monoisotopic (exact) mass is 159 g/mol. The molecule has 0 spiro atoms. The average Bonchev–Trinajstić information content (AvgIpc) is 1.96. The lowest BCUT2D eigenvalue weighted by atomic mass is 10.3. The van der Waals surface area contributed by atoms with E-state index in [-0.39, 0.29) is 0 Å². The number of ether oxygens (including phenoxy) is 1. The SMILES string of the molecule is CCCCNCCOC(C)C. The minimum atomic E-state index is 0.364. The fourth-order valence-electron chi connectivity index (χ4n) is 0.794. The molecule has 0 aromatic carbocycles. The Kier molecular flexibility index (Phi) is 7.96. The lowest BCUT2D eigenvalue weighted by Gasteiger charge is -2.07. The minimum Gasteiger partial charge on any atom is -0.377 e. The van der Waals surface area contributed by atoms with E-state index in [2.05, 4.69) is 26.1 Å². The topological polar surface area (TPSA) is 21.3 Å². The third-order valence-electron chi connectivity index (χ3n) is 1.44. The number of unbranched alkanes of at least 4 members (excludes halogenated alkanes) is 1. The van der Waals surface area contributed by atoms with Crippen LogP contribution < -0.4 is 5.32 Å².